The van der Waals surface area contributed by atoms with Crippen LogP contribution < -0.4 is 5.32 Å². The molecule has 2 rings (SSSR count). The maximum Gasteiger partial charge on any atom is 0.328 e. The van der Waals surface area contributed by atoms with Gasteiger partial charge in [0, 0.05) is 6.42 Å². The number of rotatable bonds is 6. The van der Waals surface area contributed by atoms with Gasteiger partial charge in [-0.25, -0.2) is 9.18 Å². The molecule has 6 heteroatoms. The summed E-state index contributed by atoms with van der Waals surface area (Å²) in [6, 6.07) is 13.5. The summed E-state index contributed by atoms with van der Waals surface area (Å²) < 4.78 is 17.6. The number of halogens is 1. The molecule has 0 heterocycles. The Bertz CT molecular complexity index is 797. The van der Waals surface area contributed by atoms with Crippen molar-refractivity contribution in [1.82, 2.24) is 5.32 Å². The number of hydrogen-bond acceptors (Lipinski definition) is 4. The van der Waals surface area contributed by atoms with Crippen LogP contribution in [-0.4, -0.2) is 25.0 Å². The Balaban J connectivity index is 2.06. The monoisotopic (exact) mass is 340 g/mol. The van der Waals surface area contributed by atoms with Crippen LogP contribution in [0.4, 0.5) is 4.39 Å². The molecule has 5 nitrogen and oxygen atoms in total. The second kappa shape index (κ2) is 8.60. The van der Waals surface area contributed by atoms with Crippen LogP contribution in [0.15, 0.2) is 48.5 Å². The zero-order valence-electron chi connectivity index (χ0n) is 13.7. The third kappa shape index (κ3) is 5.43. The Morgan fingerprint density at radius 3 is 2.56 bits per heavy atom. The number of carbonyl (C=O) groups excluding carboxylic acids is 2. The molecule has 0 radical (unpaired) electrons. The number of amides is 1. The number of ether oxygens (including phenoxy) is 1. The zero-order chi connectivity index (χ0) is 18.2. The van der Waals surface area contributed by atoms with Gasteiger partial charge >= 0.3 is 5.97 Å². The molecule has 1 amide bonds. The summed E-state index contributed by atoms with van der Waals surface area (Å²) in [6.07, 6.45) is 0.226. The number of nitrogens with zero attached hydrogens (tertiary/aromatic N) is 1. The van der Waals surface area contributed by atoms with Crippen LogP contribution in [0.25, 0.3) is 0 Å². The van der Waals surface area contributed by atoms with Gasteiger partial charge in [-0.2, -0.15) is 5.26 Å². The molecular formula is C19H17FN2O3. The van der Waals surface area contributed by atoms with Crippen LogP contribution in [0.2, 0.25) is 0 Å². The van der Waals surface area contributed by atoms with Gasteiger partial charge in [-0.15, -0.1) is 0 Å². The lowest BCUT2D eigenvalue weighted by Gasteiger charge is -2.17. The number of benzene rings is 2. The Kier molecular flexibility index (Phi) is 6.24. The minimum absolute atomic E-state index is 0.0199. The lowest BCUT2D eigenvalue weighted by molar-refractivity contribution is -0.145. The van der Waals surface area contributed by atoms with Gasteiger partial charge in [0.05, 0.1) is 25.2 Å². The maximum atomic E-state index is 12.9. The van der Waals surface area contributed by atoms with Gasteiger partial charge in [-0.05, 0) is 35.4 Å². The first-order valence-electron chi connectivity index (χ1n) is 7.62. The van der Waals surface area contributed by atoms with E-state index in [1.807, 2.05) is 6.07 Å². The summed E-state index contributed by atoms with van der Waals surface area (Å²) >= 11 is 0. The molecule has 0 aliphatic heterocycles. The molecule has 25 heavy (non-hydrogen) atoms. The predicted octanol–water partition coefficient (Wildman–Crippen LogP) is 2.14. The van der Waals surface area contributed by atoms with E-state index in [1.54, 1.807) is 24.3 Å². The van der Waals surface area contributed by atoms with E-state index in [0.29, 0.717) is 11.1 Å². The lowest BCUT2D eigenvalue weighted by atomic mass is 10.0. The number of nitriles is 1. The molecule has 1 N–H and O–H groups in total. The summed E-state index contributed by atoms with van der Waals surface area (Å²) in [5, 5.41) is 11.6. The SMILES string of the molecule is COC(=O)[C@H](Cc1cccc(C#N)c1)NC(=O)Cc1ccc(F)cc1. The Hall–Kier alpha value is -3.20. The van der Waals surface area contributed by atoms with Crippen molar-refractivity contribution in [1.29, 1.82) is 5.26 Å². The van der Waals surface area contributed by atoms with E-state index in [-0.39, 0.29) is 24.6 Å². The van der Waals surface area contributed by atoms with Crippen molar-refractivity contribution in [3.05, 3.63) is 71.0 Å². The summed E-state index contributed by atoms with van der Waals surface area (Å²) in [5.74, 6) is -1.33. The minimum atomic E-state index is -0.869. The maximum absolute atomic E-state index is 12.9. The van der Waals surface area contributed by atoms with Gasteiger partial charge in [-0.3, -0.25) is 4.79 Å². The van der Waals surface area contributed by atoms with Crippen LogP contribution in [0, 0.1) is 17.1 Å². The number of methoxy groups -OCH3 is 1. The second-order valence-electron chi connectivity index (χ2n) is 5.46. The van der Waals surface area contributed by atoms with Crippen molar-refractivity contribution in [3.8, 4) is 6.07 Å². The number of nitrogens with one attached hydrogen (secondary N) is 1. The van der Waals surface area contributed by atoms with E-state index in [0.717, 1.165) is 5.56 Å². The smallest absolute Gasteiger partial charge is 0.328 e. The number of hydrogen-bond donors (Lipinski definition) is 1. The first-order valence-corrected chi connectivity index (χ1v) is 7.62. The molecule has 0 saturated carbocycles. The molecule has 0 bridgehead atoms. The van der Waals surface area contributed by atoms with Gasteiger partial charge < -0.3 is 10.1 Å². The third-order valence-electron chi connectivity index (χ3n) is 3.59. The fourth-order valence-corrected chi connectivity index (χ4v) is 2.37. The van der Waals surface area contributed by atoms with Crippen molar-refractivity contribution in [2.24, 2.45) is 0 Å². The average molecular weight is 340 g/mol. The van der Waals surface area contributed by atoms with Crippen LogP contribution in [0.1, 0.15) is 16.7 Å². The van der Waals surface area contributed by atoms with E-state index in [4.69, 9.17) is 10.00 Å². The van der Waals surface area contributed by atoms with Gasteiger partial charge in [0.2, 0.25) is 5.91 Å². The molecule has 0 unspecified atom stereocenters. The molecule has 2 aromatic rings. The highest BCUT2D eigenvalue weighted by molar-refractivity contribution is 5.85. The summed E-state index contributed by atoms with van der Waals surface area (Å²) in [6.45, 7) is 0. The lowest BCUT2D eigenvalue weighted by Crippen LogP contribution is -2.43. The van der Waals surface area contributed by atoms with Crippen LogP contribution in [0.5, 0.6) is 0 Å². The molecule has 2 aromatic carbocycles. The normalized spacial score (nSPS) is 11.2. The first kappa shape index (κ1) is 18.1. The summed E-state index contributed by atoms with van der Waals surface area (Å²) in [5.41, 5.74) is 1.84. The van der Waals surface area contributed by atoms with E-state index in [2.05, 4.69) is 5.32 Å². The Morgan fingerprint density at radius 1 is 1.20 bits per heavy atom. The van der Waals surface area contributed by atoms with Gasteiger partial charge in [0.25, 0.3) is 0 Å². The molecule has 0 fully saturated rings. The molecule has 0 aliphatic carbocycles. The number of esters is 1. The van der Waals surface area contributed by atoms with Crippen molar-refractivity contribution in [2.45, 2.75) is 18.9 Å². The van der Waals surface area contributed by atoms with E-state index in [9.17, 15) is 14.0 Å². The molecule has 0 aromatic heterocycles. The largest absolute Gasteiger partial charge is 0.467 e. The average Bonchev–Trinajstić information content (AvgIpc) is 2.62. The standard InChI is InChI=1S/C19H17FN2O3/c1-25-19(24)17(10-14-3-2-4-15(9-14)12-21)22-18(23)11-13-5-7-16(20)8-6-13/h2-9,17H,10-11H2,1H3,(H,22,23)/t17-/m0/s1. The van der Waals surface area contributed by atoms with E-state index in [1.165, 1.54) is 31.4 Å². The molecule has 128 valence electrons. The number of carbonyl (C=O) groups is 2. The zero-order valence-corrected chi connectivity index (χ0v) is 13.7. The van der Waals surface area contributed by atoms with Crippen molar-refractivity contribution >= 4 is 11.9 Å². The minimum Gasteiger partial charge on any atom is -0.467 e. The van der Waals surface area contributed by atoms with Crippen molar-refractivity contribution < 1.29 is 18.7 Å². The highest BCUT2D eigenvalue weighted by Gasteiger charge is 2.22. The predicted molar refractivity (Wildman–Crippen MR) is 88.9 cm³/mol. The first-order chi connectivity index (χ1) is 12.0. The Morgan fingerprint density at radius 2 is 1.92 bits per heavy atom. The molecular weight excluding hydrogens is 323 g/mol. The van der Waals surface area contributed by atoms with E-state index >= 15 is 0 Å². The third-order valence-corrected chi connectivity index (χ3v) is 3.59. The quantitative estimate of drug-likeness (QED) is 0.817. The van der Waals surface area contributed by atoms with Crippen LogP contribution in [-0.2, 0) is 27.2 Å². The summed E-state index contributed by atoms with van der Waals surface area (Å²) in [7, 11) is 1.24. The fraction of sp³-hybridized carbons (Fsp3) is 0.211. The highest BCUT2D eigenvalue weighted by atomic mass is 19.1. The van der Waals surface area contributed by atoms with Gasteiger partial charge in [0.1, 0.15) is 11.9 Å². The molecule has 1 atom stereocenters. The topological polar surface area (TPSA) is 79.2 Å². The van der Waals surface area contributed by atoms with Crippen molar-refractivity contribution in [3.63, 3.8) is 0 Å². The highest BCUT2D eigenvalue weighted by Crippen LogP contribution is 2.09. The van der Waals surface area contributed by atoms with E-state index < -0.39 is 12.0 Å². The summed E-state index contributed by atoms with van der Waals surface area (Å²) in [4.78, 5) is 24.1. The van der Waals surface area contributed by atoms with Crippen LogP contribution in [0.3, 0.4) is 0 Å². The Labute approximate surface area is 145 Å². The molecule has 0 saturated heterocycles. The van der Waals surface area contributed by atoms with Crippen LogP contribution >= 0.6 is 0 Å². The second-order valence-corrected chi connectivity index (χ2v) is 5.46. The fourth-order valence-electron chi connectivity index (χ4n) is 2.37. The molecule has 0 aliphatic rings. The van der Waals surface area contributed by atoms with Gasteiger partial charge in [0.15, 0.2) is 0 Å². The molecule has 0 spiro atoms. The van der Waals surface area contributed by atoms with Gasteiger partial charge in [-0.1, -0.05) is 24.3 Å². The van der Waals surface area contributed by atoms with Crippen molar-refractivity contribution in [2.75, 3.05) is 7.11 Å².